The van der Waals surface area contributed by atoms with Gasteiger partial charge in [0, 0.05) is 30.1 Å². The molecule has 2 aliphatic heterocycles. The summed E-state index contributed by atoms with van der Waals surface area (Å²) in [4.78, 5) is 15.1. The highest BCUT2D eigenvalue weighted by atomic mass is 35.5. The van der Waals surface area contributed by atoms with Crippen molar-refractivity contribution >= 4 is 27.5 Å². The first kappa shape index (κ1) is 26.5. The maximum absolute atomic E-state index is 14.2. The Morgan fingerprint density at radius 1 is 1.03 bits per heavy atom. The normalized spacial score (nSPS) is 25.8. The standard InChI is InChI=1S/C27H31ClF2N2O4S/c28-19-6-8-23(9-7-19)37(35,36)32-24(18-13-20(29)15-21(30)14-18)4-1-5-25(32)27(10-11-27)16-26(34)31-12-2-3-22(31)17-33/h6-9,13-15,22,24-25,33H,1-5,10-12,16-17H2/t22-,24-,25+/m0/s1. The van der Waals surface area contributed by atoms with Gasteiger partial charge in [0.15, 0.2) is 0 Å². The second-order valence-electron chi connectivity index (χ2n) is 10.6. The van der Waals surface area contributed by atoms with Crippen molar-refractivity contribution in [1.29, 1.82) is 0 Å². The number of nitrogens with zero attached hydrogens (tertiary/aromatic N) is 2. The number of amides is 1. The first-order valence-corrected chi connectivity index (χ1v) is 14.6. The van der Waals surface area contributed by atoms with Gasteiger partial charge in [-0.3, -0.25) is 4.79 Å². The summed E-state index contributed by atoms with van der Waals surface area (Å²) in [5.41, 5.74) is -0.286. The number of sulfonamides is 1. The zero-order valence-electron chi connectivity index (χ0n) is 20.5. The predicted octanol–water partition coefficient (Wildman–Crippen LogP) is 5.06. The van der Waals surface area contributed by atoms with Gasteiger partial charge in [0.05, 0.1) is 23.6 Å². The molecule has 0 aromatic heterocycles. The molecule has 0 bridgehead atoms. The first-order chi connectivity index (χ1) is 17.6. The van der Waals surface area contributed by atoms with E-state index in [1.54, 1.807) is 4.90 Å². The average Bonchev–Trinajstić information content (AvgIpc) is 3.47. The van der Waals surface area contributed by atoms with Gasteiger partial charge in [-0.25, -0.2) is 17.2 Å². The van der Waals surface area contributed by atoms with Crippen LogP contribution in [0.5, 0.6) is 0 Å². The summed E-state index contributed by atoms with van der Waals surface area (Å²) < 4.78 is 58.2. The minimum atomic E-state index is -4.10. The van der Waals surface area contributed by atoms with Crippen molar-refractivity contribution in [3.05, 3.63) is 64.7 Å². The molecule has 3 atom stereocenters. The monoisotopic (exact) mass is 552 g/mol. The number of likely N-dealkylation sites (tertiary alicyclic amines) is 1. The molecule has 2 aromatic rings. The van der Waals surface area contributed by atoms with Crippen LogP contribution in [0, 0.1) is 17.0 Å². The molecule has 1 aliphatic carbocycles. The minimum Gasteiger partial charge on any atom is -0.394 e. The molecule has 5 rings (SSSR count). The number of halogens is 3. The molecule has 3 aliphatic rings. The second kappa shape index (κ2) is 10.2. The predicted molar refractivity (Wildman–Crippen MR) is 135 cm³/mol. The summed E-state index contributed by atoms with van der Waals surface area (Å²) in [6, 6.07) is 7.57. The second-order valence-corrected chi connectivity index (χ2v) is 12.8. The van der Waals surface area contributed by atoms with Gasteiger partial charge in [-0.15, -0.1) is 0 Å². The molecule has 0 spiro atoms. The SMILES string of the molecule is O=C(CC1([C@H]2CCC[C@@H](c3cc(F)cc(F)c3)N2S(=O)(=O)c2ccc(Cl)cc2)CC1)N1CCC[C@H]1CO. The number of aliphatic hydroxyl groups excluding tert-OH is 1. The third kappa shape index (κ3) is 5.15. The van der Waals surface area contributed by atoms with Gasteiger partial charge in [-0.1, -0.05) is 11.6 Å². The topological polar surface area (TPSA) is 77.9 Å². The molecular formula is C27H31ClF2N2O4S. The van der Waals surface area contributed by atoms with E-state index >= 15 is 0 Å². The zero-order valence-corrected chi connectivity index (χ0v) is 22.0. The molecule has 3 fully saturated rings. The molecule has 200 valence electrons. The Bertz CT molecular complexity index is 1250. The fourth-order valence-corrected chi connectivity index (χ4v) is 8.32. The van der Waals surface area contributed by atoms with Crippen LogP contribution < -0.4 is 0 Å². The van der Waals surface area contributed by atoms with Crippen molar-refractivity contribution in [2.24, 2.45) is 5.41 Å². The summed E-state index contributed by atoms with van der Waals surface area (Å²) in [6.07, 6.45) is 4.78. The van der Waals surface area contributed by atoms with Gasteiger partial charge in [-0.05, 0) is 92.3 Å². The Kier molecular flexibility index (Phi) is 7.35. The number of hydrogen-bond donors (Lipinski definition) is 1. The van der Waals surface area contributed by atoms with Crippen LogP contribution in [0.2, 0.25) is 5.02 Å². The lowest BCUT2D eigenvalue weighted by Crippen LogP contribution is -2.51. The molecule has 6 nitrogen and oxygen atoms in total. The van der Waals surface area contributed by atoms with E-state index in [-0.39, 0.29) is 35.4 Å². The van der Waals surface area contributed by atoms with Crippen molar-refractivity contribution in [3.8, 4) is 0 Å². The van der Waals surface area contributed by atoms with E-state index in [0.29, 0.717) is 43.7 Å². The Balaban J connectivity index is 1.54. The van der Waals surface area contributed by atoms with Crippen LogP contribution in [0.3, 0.4) is 0 Å². The van der Waals surface area contributed by atoms with Crippen LogP contribution in [0.15, 0.2) is 47.4 Å². The summed E-state index contributed by atoms with van der Waals surface area (Å²) >= 11 is 6.01. The quantitative estimate of drug-likeness (QED) is 0.521. The summed E-state index contributed by atoms with van der Waals surface area (Å²) in [5.74, 6) is -1.60. The molecule has 37 heavy (non-hydrogen) atoms. The molecule has 2 saturated heterocycles. The molecule has 1 amide bonds. The van der Waals surface area contributed by atoms with E-state index in [4.69, 9.17) is 11.6 Å². The summed E-state index contributed by atoms with van der Waals surface area (Å²) in [6.45, 7) is 0.495. The first-order valence-electron chi connectivity index (χ1n) is 12.8. The number of carbonyl (C=O) groups is 1. The minimum absolute atomic E-state index is 0.0488. The van der Waals surface area contributed by atoms with E-state index in [1.807, 2.05) is 0 Å². The summed E-state index contributed by atoms with van der Waals surface area (Å²) in [5, 5.41) is 10.1. The van der Waals surface area contributed by atoms with Crippen LogP contribution in [-0.4, -0.2) is 53.9 Å². The fraction of sp³-hybridized carbons (Fsp3) is 0.519. The molecule has 10 heteroatoms. The smallest absolute Gasteiger partial charge is 0.243 e. The van der Waals surface area contributed by atoms with Gasteiger partial charge in [0.25, 0.3) is 0 Å². The molecule has 0 radical (unpaired) electrons. The van der Waals surface area contributed by atoms with Crippen molar-refractivity contribution in [2.75, 3.05) is 13.2 Å². The van der Waals surface area contributed by atoms with Crippen LogP contribution in [0.1, 0.15) is 63.0 Å². The highest BCUT2D eigenvalue weighted by Gasteiger charge is 2.57. The molecule has 1 N–H and O–H groups in total. The van der Waals surface area contributed by atoms with E-state index < -0.39 is 39.2 Å². The van der Waals surface area contributed by atoms with Crippen LogP contribution in [-0.2, 0) is 14.8 Å². The highest BCUT2D eigenvalue weighted by molar-refractivity contribution is 7.89. The maximum Gasteiger partial charge on any atom is 0.243 e. The van der Waals surface area contributed by atoms with Crippen molar-refractivity contribution in [3.63, 3.8) is 0 Å². The van der Waals surface area contributed by atoms with Crippen LogP contribution >= 0.6 is 11.6 Å². The lowest BCUT2D eigenvalue weighted by molar-refractivity contribution is -0.134. The third-order valence-corrected chi connectivity index (χ3v) is 10.4. The molecule has 2 aromatic carbocycles. The maximum atomic E-state index is 14.2. The van der Waals surface area contributed by atoms with Gasteiger partial charge in [0.1, 0.15) is 11.6 Å². The zero-order chi connectivity index (χ0) is 26.4. The van der Waals surface area contributed by atoms with E-state index in [1.165, 1.54) is 40.7 Å². The van der Waals surface area contributed by atoms with Crippen molar-refractivity contribution in [1.82, 2.24) is 9.21 Å². The number of hydrogen-bond acceptors (Lipinski definition) is 4. The number of benzene rings is 2. The average molecular weight is 553 g/mol. The molecule has 0 unspecified atom stereocenters. The number of carbonyl (C=O) groups excluding carboxylic acids is 1. The lowest BCUT2D eigenvalue weighted by atomic mass is 9.82. The Morgan fingerprint density at radius 2 is 1.70 bits per heavy atom. The fourth-order valence-electron chi connectivity index (χ4n) is 6.24. The lowest BCUT2D eigenvalue weighted by Gasteiger charge is -2.45. The van der Waals surface area contributed by atoms with Gasteiger partial charge < -0.3 is 10.0 Å². The Morgan fingerprint density at radius 3 is 2.32 bits per heavy atom. The van der Waals surface area contributed by atoms with Crippen molar-refractivity contribution < 1.29 is 27.1 Å². The highest BCUT2D eigenvalue weighted by Crippen LogP contribution is 2.59. The van der Waals surface area contributed by atoms with Crippen LogP contribution in [0.25, 0.3) is 0 Å². The van der Waals surface area contributed by atoms with Crippen molar-refractivity contribution in [2.45, 2.75) is 74.4 Å². The number of rotatable bonds is 7. The van der Waals surface area contributed by atoms with E-state index in [2.05, 4.69) is 0 Å². The number of piperidine rings is 1. The Hall–Kier alpha value is -2.07. The largest absolute Gasteiger partial charge is 0.394 e. The molecular weight excluding hydrogens is 522 g/mol. The molecule has 1 saturated carbocycles. The van der Waals surface area contributed by atoms with Crippen LogP contribution in [0.4, 0.5) is 8.78 Å². The third-order valence-electron chi connectivity index (χ3n) is 8.24. The number of aliphatic hydroxyl groups is 1. The van der Waals surface area contributed by atoms with Gasteiger partial charge in [0.2, 0.25) is 15.9 Å². The molecule has 2 heterocycles. The van der Waals surface area contributed by atoms with E-state index in [9.17, 15) is 27.1 Å². The Labute approximate surface area is 221 Å². The van der Waals surface area contributed by atoms with Gasteiger partial charge in [-0.2, -0.15) is 4.31 Å². The van der Waals surface area contributed by atoms with Gasteiger partial charge >= 0.3 is 0 Å². The van der Waals surface area contributed by atoms with E-state index in [0.717, 1.165) is 18.9 Å². The summed E-state index contributed by atoms with van der Waals surface area (Å²) in [7, 11) is -4.10.